The maximum atomic E-state index is 11.1. The summed E-state index contributed by atoms with van der Waals surface area (Å²) in [6, 6.07) is 7.10. The predicted octanol–water partition coefficient (Wildman–Crippen LogP) is 3.42. The summed E-state index contributed by atoms with van der Waals surface area (Å²) in [7, 11) is 0. The molecular formula is C14H17Cl2N3O. The molecule has 0 radical (unpaired) electrons. The summed E-state index contributed by atoms with van der Waals surface area (Å²) in [4.78, 5) is 13.4. The van der Waals surface area contributed by atoms with Crippen molar-refractivity contribution in [1.82, 2.24) is 15.1 Å². The van der Waals surface area contributed by atoms with E-state index in [0.29, 0.717) is 16.6 Å². The molecule has 4 nitrogen and oxygen atoms in total. The van der Waals surface area contributed by atoms with Gasteiger partial charge in [-0.2, -0.15) is 0 Å². The van der Waals surface area contributed by atoms with Gasteiger partial charge < -0.3 is 5.10 Å². The Kier molecular flexibility index (Phi) is 5.29. The highest BCUT2D eigenvalue weighted by Crippen LogP contribution is 2.22. The summed E-state index contributed by atoms with van der Waals surface area (Å²) in [5, 5.41) is 6.72. The number of hydrogen-bond donors (Lipinski definition) is 2. The summed E-state index contributed by atoms with van der Waals surface area (Å²) in [6.07, 6.45) is 1.03. The molecule has 0 amide bonds. The molecule has 0 aliphatic rings. The molecule has 0 aliphatic heterocycles. The second-order valence-corrected chi connectivity index (χ2v) is 5.57. The lowest BCUT2D eigenvalue weighted by Gasteiger charge is -2.21. The minimum absolute atomic E-state index is 0.110. The van der Waals surface area contributed by atoms with Gasteiger partial charge in [-0.15, -0.1) is 0 Å². The monoisotopic (exact) mass is 313 g/mol. The number of H-pyrrole nitrogens is 2. The van der Waals surface area contributed by atoms with E-state index in [2.05, 4.69) is 22.0 Å². The summed E-state index contributed by atoms with van der Waals surface area (Å²) < 4.78 is 0. The van der Waals surface area contributed by atoms with Crippen LogP contribution in [0.4, 0.5) is 0 Å². The van der Waals surface area contributed by atoms with Crippen LogP contribution in [0.15, 0.2) is 29.1 Å². The number of rotatable bonds is 6. The van der Waals surface area contributed by atoms with Crippen LogP contribution in [0.2, 0.25) is 10.0 Å². The van der Waals surface area contributed by atoms with E-state index in [4.69, 9.17) is 23.2 Å². The molecule has 1 heterocycles. The van der Waals surface area contributed by atoms with Gasteiger partial charge in [0.15, 0.2) is 0 Å². The fourth-order valence-electron chi connectivity index (χ4n) is 2.12. The van der Waals surface area contributed by atoms with Gasteiger partial charge >= 0.3 is 0 Å². The Balaban J connectivity index is 2.10. The van der Waals surface area contributed by atoms with E-state index in [1.54, 1.807) is 12.1 Å². The zero-order chi connectivity index (χ0) is 14.5. The van der Waals surface area contributed by atoms with Gasteiger partial charge in [-0.3, -0.25) is 14.8 Å². The molecule has 0 atom stereocenters. The van der Waals surface area contributed by atoms with Crippen LogP contribution >= 0.6 is 23.2 Å². The molecule has 0 saturated heterocycles. The normalized spacial score (nSPS) is 11.2. The van der Waals surface area contributed by atoms with Crippen molar-refractivity contribution in [1.29, 1.82) is 0 Å². The highest BCUT2D eigenvalue weighted by molar-refractivity contribution is 6.35. The number of benzene rings is 1. The van der Waals surface area contributed by atoms with Crippen molar-refractivity contribution in [3.8, 4) is 0 Å². The number of nitrogens with zero attached hydrogens (tertiary/aromatic N) is 1. The van der Waals surface area contributed by atoms with Crippen molar-refractivity contribution in [2.45, 2.75) is 26.4 Å². The molecule has 0 aliphatic carbocycles. The van der Waals surface area contributed by atoms with Crippen LogP contribution in [0.3, 0.4) is 0 Å². The molecule has 0 saturated carbocycles. The largest absolute Gasteiger partial charge is 0.301 e. The smallest absolute Gasteiger partial charge is 0.264 e. The molecule has 0 unspecified atom stereocenters. The first kappa shape index (κ1) is 15.2. The van der Waals surface area contributed by atoms with Gasteiger partial charge in [0.25, 0.3) is 5.56 Å². The van der Waals surface area contributed by atoms with E-state index in [0.717, 1.165) is 30.8 Å². The second kappa shape index (κ2) is 6.97. The number of hydrogen-bond acceptors (Lipinski definition) is 2. The molecule has 20 heavy (non-hydrogen) atoms. The van der Waals surface area contributed by atoms with Crippen molar-refractivity contribution < 1.29 is 0 Å². The van der Waals surface area contributed by atoms with Gasteiger partial charge in [0.2, 0.25) is 0 Å². The Morgan fingerprint density at radius 3 is 2.55 bits per heavy atom. The molecule has 0 bridgehead atoms. The van der Waals surface area contributed by atoms with Crippen LogP contribution in [0, 0.1) is 0 Å². The molecule has 6 heteroatoms. The van der Waals surface area contributed by atoms with E-state index in [9.17, 15) is 4.79 Å². The third-order valence-corrected chi connectivity index (χ3v) is 3.58. The van der Waals surface area contributed by atoms with Crippen LogP contribution in [0.5, 0.6) is 0 Å². The third-order valence-electron chi connectivity index (χ3n) is 2.99. The lowest BCUT2D eigenvalue weighted by molar-refractivity contribution is 0.254. The van der Waals surface area contributed by atoms with Gasteiger partial charge in [-0.1, -0.05) is 36.2 Å². The van der Waals surface area contributed by atoms with Gasteiger partial charge in [0.05, 0.1) is 5.69 Å². The third kappa shape index (κ3) is 4.13. The standard InChI is InChI=1S/C14H17Cl2N3O/c1-2-5-19(9-12-7-14(20)18-17-12)8-10-3-4-11(15)6-13(10)16/h3-4,6-7H,2,5,8-9H2,1H3,(H2,17,18,20). The van der Waals surface area contributed by atoms with Crippen LogP contribution < -0.4 is 5.56 Å². The van der Waals surface area contributed by atoms with Crippen molar-refractivity contribution in [3.05, 3.63) is 55.9 Å². The van der Waals surface area contributed by atoms with Gasteiger partial charge in [-0.25, -0.2) is 0 Å². The molecule has 1 aromatic heterocycles. The van der Waals surface area contributed by atoms with Crippen LogP contribution in [0.1, 0.15) is 24.6 Å². The van der Waals surface area contributed by atoms with Crippen molar-refractivity contribution in [2.24, 2.45) is 0 Å². The SMILES string of the molecule is CCCN(Cc1cc(=O)[nH][nH]1)Cc1ccc(Cl)cc1Cl. The Hall–Kier alpha value is -1.23. The average molecular weight is 314 g/mol. The van der Waals surface area contributed by atoms with Crippen molar-refractivity contribution in [2.75, 3.05) is 6.54 Å². The van der Waals surface area contributed by atoms with Crippen LogP contribution in [-0.4, -0.2) is 21.6 Å². The summed E-state index contributed by atoms with van der Waals surface area (Å²) >= 11 is 12.1. The lowest BCUT2D eigenvalue weighted by Crippen LogP contribution is -2.24. The molecule has 108 valence electrons. The van der Waals surface area contributed by atoms with E-state index < -0.39 is 0 Å². The van der Waals surface area contributed by atoms with E-state index in [1.807, 2.05) is 12.1 Å². The minimum atomic E-state index is -0.110. The number of nitrogens with one attached hydrogen (secondary N) is 2. The maximum absolute atomic E-state index is 11.1. The second-order valence-electron chi connectivity index (χ2n) is 4.73. The first-order valence-electron chi connectivity index (χ1n) is 6.51. The molecule has 2 rings (SSSR count). The molecule has 1 aromatic carbocycles. The lowest BCUT2D eigenvalue weighted by atomic mass is 10.2. The van der Waals surface area contributed by atoms with Crippen molar-refractivity contribution in [3.63, 3.8) is 0 Å². The highest BCUT2D eigenvalue weighted by Gasteiger charge is 2.10. The summed E-state index contributed by atoms with van der Waals surface area (Å²) in [6.45, 7) is 4.44. The zero-order valence-electron chi connectivity index (χ0n) is 11.2. The fourth-order valence-corrected chi connectivity index (χ4v) is 2.59. The Morgan fingerprint density at radius 2 is 1.95 bits per heavy atom. The van der Waals surface area contributed by atoms with Gasteiger partial charge in [-0.05, 0) is 30.7 Å². The molecule has 0 fully saturated rings. The fraction of sp³-hybridized carbons (Fsp3) is 0.357. The number of aromatic amines is 2. The number of aromatic nitrogens is 2. The summed E-state index contributed by atoms with van der Waals surface area (Å²) in [5.74, 6) is 0. The Morgan fingerprint density at radius 1 is 1.15 bits per heavy atom. The van der Waals surface area contributed by atoms with Crippen LogP contribution in [0.25, 0.3) is 0 Å². The van der Waals surface area contributed by atoms with Crippen molar-refractivity contribution >= 4 is 23.2 Å². The van der Waals surface area contributed by atoms with E-state index in [-0.39, 0.29) is 5.56 Å². The predicted molar refractivity (Wildman–Crippen MR) is 82.3 cm³/mol. The molecule has 2 N–H and O–H groups in total. The topological polar surface area (TPSA) is 51.9 Å². The van der Waals surface area contributed by atoms with Gasteiger partial charge in [0, 0.05) is 29.2 Å². The van der Waals surface area contributed by atoms with E-state index in [1.165, 1.54) is 0 Å². The summed E-state index contributed by atoms with van der Waals surface area (Å²) in [5.41, 5.74) is 1.79. The van der Waals surface area contributed by atoms with Gasteiger partial charge in [0.1, 0.15) is 0 Å². The first-order chi connectivity index (χ1) is 9.58. The van der Waals surface area contributed by atoms with E-state index >= 15 is 0 Å². The minimum Gasteiger partial charge on any atom is -0.301 e. The Labute approximate surface area is 127 Å². The first-order valence-corrected chi connectivity index (χ1v) is 7.27. The molecule has 0 spiro atoms. The molecule has 2 aromatic rings. The Bertz CT molecular complexity index is 621. The average Bonchev–Trinajstić information content (AvgIpc) is 2.78. The zero-order valence-corrected chi connectivity index (χ0v) is 12.8. The maximum Gasteiger partial charge on any atom is 0.264 e. The molecular weight excluding hydrogens is 297 g/mol. The van der Waals surface area contributed by atoms with Crippen LogP contribution in [-0.2, 0) is 13.1 Å². The number of halogens is 2. The highest BCUT2D eigenvalue weighted by atomic mass is 35.5. The quantitative estimate of drug-likeness (QED) is 0.858.